The highest BCUT2D eigenvalue weighted by Gasteiger charge is 2.30. The number of phosphoric acid groups is 2. The molecule has 0 amide bonds. The molecule has 606 valence electrons. The van der Waals surface area contributed by atoms with E-state index < -0.39 is 97.5 Å². The standard InChI is InChI=1S/C83H162O17P2/c1-8-9-10-11-12-13-27-36-43-50-57-64-80(85)93-71-79(100-83(88)67-60-53-46-39-32-35-42-49-56-63-76(6)7)73-98-102(91,92)96-69-77(84)68-95-101(89,90)97-72-78(70-94-81(86)65-58-51-44-37-30-25-22-18-20-24-29-34-41-48-55-62-75(4)5)99-82(87)66-59-52-45-38-31-26-21-17-15-14-16-19-23-28-33-40-47-54-61-74(2)3/h74-79,84H,8-73H2,1-7H3,(H,89,90)(H,91,92)/t77-,78-,79-/m1/s1. The first kappa shape index (κ1) is 100. The molecule has 0 bridgehead atoms. The Morgan fingerprint density at radius 3 is 0.667 bits per heavy atom. The number of unbranched alkanes of at least 4 members (excludes halogenated alkanes) is 49. The van der Waals surface area contributed by atoms with E-state index in [1.54, 1.807) is 0 Å². The summed E-state index contributed by atoms with van der Waals surface area (Å²) in [6, 6.07) is 0. The Labute approximate surface area is 626 Å². The number of ether oxygens (including phenoxy) is 4. The van der Waals surface area contributed by atoms with E-state index in [9.17, 15) is 43.2 Å². The van der Waals surface area contributed by atoms with E-state index in [2.05, 4.69) is 48.5 Å². The summed E-state index contributed by atoms with van der Waals surface area (Å²) in [6.07, 6.45) is 62.5. The van der Waals surface area contributed by atoms with Crippen molar-refractivity contribution in [1.82, 2.24) is 0 Å². The van der Waals surface area contributed by atoms with Crippen molar-refractivity contribution in [3.8, 4) is 0 Å². The van der Waals surface area contributed by atoms with Crippen LogP contribution in [0.25, 0.3) is 0 Å². The fourth-order valence-electron chi connectivity index (χ4n) is 12.8. The molecule has 0 aliphatic rings. The van der Waals surface area contributed by atoms with Crippen LogP contribution in [0.15, 0.2) is 0 Å². The Hall–Kier alpha value is -1.94. The quantitative estimate of drug-likeness (QED) is 0.0222. The zero-order chi connectivity index (χ0) is 75.1. The number of carbonyl (C=O) groups is 4. The summed E-state index contributed by atoms with van der Waals surface area (Å²) >= 11 is 0. The molecular weight excluding hydrogens is 1330 g/mol. The van der Waals surface area contributed by atoms with Crippen LogP contribution in [0.5, 0.6) is 0 Å². The lowest BCUT2D eigenvalue weighted by atomic mass is 10.0. The first-order valence-electron chi connectivity index (χ1n) is 42.8. The Bertz CT molecular complexity index is 1970. The molecule has 0 aromatic rings. The molecule has 0 aromatic carbocycles. The van der Waals surface area contributed by atoms with Gasteiger partial charge in [-0.05, 0) is 43.4 Å². The average molecular weight is 1490 g/mol. The second kappa shape index (κ2) is 73.2. The topological polar surface area (TPSA) is 237 Å². The molecule has 0 radical (unpaired) electrons. The number of esters is 4. The molecule has 0 aliphatic carbocycles. The zero-order valence-corrected chi connectivity index (χ0v) is 68.9. The van der Waals surface area contributed by atoms with Crippen LogP contribution in [0, 0.1) is 17.8 Å². The SMILES string of the molecule is CCCCCCCCCCCCCC(=O)OC[C@H](COP(=O)(O)OC[C@H](O)COP(=O)(O)OC[C@@H](COC(=O)CCCCCCCCCCCCCCCCCC(C)C)OC(=O)CCCCCCCCCCCCCCCCCCCCC(C)C)OC(=O)CCCCCCCCCCCC(C)C. The van der Waals surface area contributed by atoms with Gasteiger partial charge in [0.1, 0.15) is 19.3 Å². The van der Waals surface area contributed by atoms with E-state index in [1.165, 1.54) is 244 Å². The number of aliphatic hydroxyl groups excluding tert-OH is 1. The van der Waals surface area contributed by atoms with Crippen LogP contribution in [0.2, 0.25) is 0 Å². The third-order valence-electron chi connectivity index (χ3n) is 19.4. The third-order valence-corrected chi connectivity index (χ3v) is 21.3. The number of hydrogen-bond donors (Lipinski definition) is 3. The van der Waals surface area contributed by atoms with E-state index in [0.717, 1.165) is 108 Å². The van der Waals surface area contributed by atoms with Gasteiger partial charge in [-0.2, -0.15) is 0 Å². The Morgan fingerprint density at radius 2 is 0.451 bits per heavy atom. The first-order chi connectivity index (χ1) is 49.2. The minimum atomic E-state index is -4.96. The van der Waals surface area contributed by atoms with E-state index in [4.69, 9.17) is 37.0 Å². The van der Waals surface area contributed by atoms with Gasteiger partial charge in [0.25, 0.3) is 0 Å². The minimum absolute atomic E-state index is 0.106. The van der Waals surface area contributed by atoms with Crippen molar-refractivity contribution in [3.05, 3.63) is 0 Å². The lowest BCUT2D eigenvalue weighted by molar-refractivity contribution is -0.161. The fourth-order valence-corrected chi connectivity index (χ4v) is 14.4. The highest BCUT2D eigenvalue weighted by molar-refractivity contribution is 7.47. The summed E-state index contributed by atoms with van der Waals surface area (Å²) in [5, 5.41) is 10.6. The molecule has 3 N–H and O–H groups in total. The van der Waals surface area contributed by atoms with Crippen molar-refractivity contribution in [2.45, 2.75) is 452 Å². The lowest BCUT2D eigenvalue weighted by Gasteiger charge is -2.21. The van der Waals surface area contributed by atoms with Gasteiger partial charge in [-0.15, -0.1) is 0 Å². The van der Waals surface area contributed by atoms with E-state index in [1.807, 2.05) is 0 Å². The van der Waals surface area contributed by atoms with Gasteiger partial charge in [-0.25, -0.2) is 9.13 Å². The summed E-state index contributed by atoms with van der Waals surface area (Å²) in [5.41, 5.74) is 0. The summed E-state index contributed by atoms with van der Waals surface area (Å²) in [7, 11) is -9.92. The fraction of sp³-hybridized carbons (Fsp3) is 0.952. The smallest absolute Gasteiger partial charge is 0.462 e. The highest BCUT2D eigenvalue weighted by Crippen LogP contribution is 2.45. The van der Waals surface area contributed by atoms with E-state index in [0.29, 0.717) is 25.7 Å². The molecule has 0 saturated carbocycles. The number of aliphatic hydroxyl groups is 1. The lowest BCUT2D eigenvalue weighted by Crippen LogP contribution is -2.30. The van der Waals surface area contributed by atoms with Crippen LogP contribution in [0.1, 0.15) is 434 Å². The first-order valence-corrected chi connectivity index (χ1v) is 45.8. The third kappa shape index (κ3) is 76.3. The second-order valence-electron chi connectivity index (χ2n) is 31.3. The van der Waals surface area contributed by atoms with Crippen LogP contribution < -0.4 is 0 Å². The Morgan fingerprint density at radius 1 is 0.265 bits per heavy atom. The van der Waals surface area contributed by atoms with Gasteiger partial charge in [0.05, 0.1) is 26.4 Å². The maximum atomic E-state index is 13.1. The van der Waals surface area contributed by atoms with Crippen molar-refractivity contribution in [2.24, 2.45) is 17.8 Å². The van der Waals surface area contributed by atoms with Crippen LogP contribution >= 0.6 is 15.6 Å². The highest BCUT2D eigenvalue weighted by atomic mass is 31.2. The molecule has 0 saturated heterocycles. The van der Waals surface area contributed by atoms with Gasteiger partial charge in [-0.3, -0.25) is 37.3 Å². The minimum Gasteiger partial charge on any atom is -0.462 e. The van der Waals surface area contributed by atoms with Gasteiger partial charge in [0.15, 0.2) is 12.2 Å². The monoisotopic (exact) mass is 1490 g/mol. The molecule has 19 heteroatoms. The molecule has 0 spiro atoms. The van der Waals surface area contributed by atoms with Gasteiger partial charge in [0, 0.05) is 25.7 Å². The number of hydrogen-bond acceptors (Lipinski definition) is 15. The largest absolute Gasteiger partial charge is 0.472 e. The summed E-state index contributed by atoms with van der Waals surface area (Å²) in [4.78, 5) is 73.1. The van der Waals surface area contributed by atoms with Crippen LogP contribution in [0.4, 0.5) is 0 Å². The van der Waals surface area contributed by atoms with E-state index >= 15 is 0 Å². The van der Waals surface area contributed by atoms with Gasteiger partial charge in [-0.1, -0.05) is 382 Å². The molecule has 0 aromatic heterocycles. The van der Waals surface area contributed by atoms with E-state index in [-0.39, 0.29) is 25.7 Å². The van der Waals surface area contributed by atoms with Crippen molar-refractivity contribution in [3.63, 3.8) is 0 Å². The molecular formula is C83H162O17P2. The molecule has 0 aliphatic heterocycles. The molecule has 102 heavy (non-hydrogen) atoms. The summed E-state index contributed by atoms with van der Waals surface area (Å²) in [5.74, 6) is 0.255. The van der Waals surface area contributed by atoms with Crippen molar-refractivity contribution < 1.29 is 80.2 Å². The molecule has 17 nitrogen and oxygen atoms in total. The van der Waals surface area contributed by atoms with Crippen molar-refractivity contribution >= 4 is 39.5 Å². The molecule has 0 fully saturated rings. The zero-order valence-electron chi connectivity index (χ0n) is 67.1. The average Bonchev–Trinajstić information content (AvgIpc) is 0.925. The van der Waals surface area contributed by atoms with Crippen LogP contribution in [-0.4, -0.2) is 96.7 Å². The molecule has 0 rings (SSSR count). The normalized spacial score (nSPS) is 13.9. The maximum absolute atomic E-state index is 13.1. The summed E-state index contributed by atoms with van der Waals surface area (Å²) in [6.45, 7) is 12.0. The van der Waals surface area contributed by atoms with Gasteiger partial charge < -0.3 is 33.8 Å². The second-order valence-corrected chi connectivity index (χ2v) is 34.2. The number of phosphoric ester groups is 2. The van der Waals surface area contributed by atoms with Crippen molar-refractivity contribution in [2.75, 3.05) is 39.6 Å². The Kier molecular flexibility index (Phi) is 71.8. The van der Waals surface area contributed by atoms with Gasteiger partial charge >= 0.3 is 39.5 Å². The summed E-state index contributed by atoms with van der Waals surface area (Å²) < 4.78 is 68.8. The number of carbonyl (C=O) groups excluding carboxylic acids is 4. The predicted molar refractivity (Wildman–Crippen MR) is 418 cm³/mol. The van der Waals surface area contributed by atoms with Crippen LogP contribution in [0.3, 0.4) is 0 Å². The Balaban J connectivity index is 5.22. The molecule has 2 unspecified atom stereocenters. The van der Waals surface area contributed by atoms with Crippen molar-refractivity contribution in [1.29, 1.82) is 0 Å². The molecule has 0 heterocycles. The predicted octanol–water partition coefficient (Wildman–Crippen LogP) is 24.9. The van der Waals surface area contributed by atoms with Gasteiger partial charge in [0.2, 0.25) is 0 Å². The number of rotatable bonds is 81. The van der Waals surface area contributed by atoms with Crippen LogP contribution in [-0.2, 0) is 65.4 Å². The molecule has 5 atom stereocenters. The maximum Gasteiger partial charge on any atom is 0.472 e.